The molecule has 0 saturated carbocycles. The molecule has 4 heteroatoms. The van der Waals surface area contributed by atoms with E-state index in [1.54, 1.807) is 12.1 Å². The number of amides is 1. The summed E-state index contributed by atoms with van der Waals surface area (Å²) >= 11 is 0. The molecule has 1 unspecified atom stereocenters. The van der Waals surface area contributed by atoms with Crippen molar-refractivity contribution in [1.82, 2.24) is 5.32 Å². The molecule has 1 atom stereocenters. The Hall–Kier alpha value is -2.62. The van der Waals surface area contributed by atoms with E-state index < -0.39 is 5.92 Å². The maximum absolute atomic E-state index is 12.4. The Morgan fingerprint density at radius 3 is 2.62 bits per heavy atom. The fraction of sp³-hybridized carbons (Fsp3) is 0.176. The van der Waals surface area contributed by atoms with Crippen LogP contribution >= 0.6 is 0 Å². The van der Waals surface area contributed by atoms with Gasteiger partial charge in [-0.05, 0) is 11.6 Å². The van der Waals surface area contributed by atoms with Crippen LogP contribution in [-0.2, 0) is 16.1 Å². The van der Waals surface area contributed by atoms with E-state index in [4.69, 9.17) is 4.74 Å². The molecule has 0 aliphatic carbocycles. The van der Waals surface area contributed by atoms with Crippen molar-refractivity contribution in [1.29, 1.82) is 0 Å². The van der Waals surface area contributed by atoms with Crippen LogP contribution in [0.15, 0.2) is 54.6 Å². The largest absolute Gasteiger partial charge is 0.426 e. The first-order valence-electron chi connectivity index (χ1n) is 6.85. The zero-order chi connectivity index (χ0) is 14.7. The number of hydrogen-bond donors (Lipinski definition) is 1. The highest BCUT2D eigenvalue weighted by Crippen LogP contribution is 2.34. The summed E-state index contributed by atoms with van der Waals surface area (Å²) in [5.74, 6) is -0.517. The zero-order valence-corrected chi connectivity index (χ0v) is 11.4. The molecular formula is C17H15NO3. The van der Waals surface area contributed by atoms with Gasteiger partial charge in [0.15, 0.2) is 0 Å². The molecule has 1 aliphatic rings. The predicted octanol–water partition coefficient (Wildman–Crippen LogP) is 2.40. The normalized spacial score (nSPS) is 16.8. The molecule has 1 aliphatic heterocycles. The van der Waals surface area contributed by atoms with Gasteiger partial charge >= 0.3 is 5.97 Å². The van der Waals surface area contributed by atoms with E-state index in [0.717, 1.165) is 11.1 Å². The molecule has 0 saturated heterocycles. The van der Waals surface area contributed by atoms with Crippen LogP contribution in [0.3, 0.4) is 0 Å². The molecular weight excluding hydrogens is 266 g/mol. The number of carbonyl (C=O) groups is 2. The summed E-state index contributed by atoms with van der Waals surface area (Å²) in [6.07, 6.45) is 0.0810. The van der Waals surface area contributed by atoms with E-state index in [1.165, 1.54) is 0 Å². The van der Waals surface area contributed by atoms with Crippen LogP contribution in [0.2, 0.25) is 0 Å². The Morgan fingerprint density at radius 2 is 1.81 bits per heavy atom. The first-order valence-corrected chi connectivity index (χ1v) is 6.85. The molecule has 1 amide bonds. The lowest BCUT2D eigenvalue weighted by Crippen LogP contribution is -2.33. The van der Waals surface area contributed by atoms with Crippen molar-refractivity contribution >= 4 is 11.9 Å². The zero-order valence-electron chi connectivity index (χ0n) is 11.4. The van der Waals surface area contributed by atoms with Gasteiger partial charge in [0.05, 0.1) is 12.3 Å². The van der Waals surface area contributed by atoms with Crippen molar-refractivity contribution in [3.8, 4) is 5.75 Å². The maximum atomic E-state index is 12.4. The number of rotatable bonds is 3. The summed E-state index contributed by atoms with van der Waals surface area (Å²) in [5.41, 5.74) is 1.79. The second-order valence-corrected chi connectivity index (χ2v) is 4.97. The number of esters is 1. The highest BCUT2D eigenvalue weighted by molar-refractivity contribution is 5.91. The molecule has 2 aromatic carbocycles. The SMILES string of the molecule is O=C1CC(C(=O)NCc2ccccc2)c2ccccc2O1. The first-order chi connectivity index (χ1) is 10.2. The van der Waals surface area contributed by atoms with Crippen molar-refractivity contribution in [2.45, 2.75) is 18.9 Å². The second kappa shape index (κ2) is 5.79. The van der Waals surface area contributed by atoms with Gasteiger partial charge in [0.1, 0.15) is 5.75 Å². The quantitative estimate of drug-likeness (QED) is 0.694. The van der Waals surface area contributed by atoms with Crippen molar-refractivity contribution < 1.29 is 14.3 Å². The number of ether oxygens (including phenoxy) is 1. The van der Waals surface area contributed by atoms with Crippen LogP contribution in [0.25, 0.3) is 0 Å². The maximum Gasteiger partial charge on any atom is 0.312 e. The van der Waals surface area contributed by atoms with E-state index in [-0.39, 0.29) is 18.3 Å². The first kappa shape index (κ1) is 13.4. The minimum absolute atomic E-state index is 0.0810. The second-order valence-electron chi connectivity index (χ2n) is 4.97. The fourth-order valence-electron chi connectivity index (χ4n) is 2.44. The molecule has 21 heavy (non-hydrogen) atoms. The summed E-state index contributed by atoms with van der Waals surface area (Å²) in [7, 11) is 0. The van der Waals surface area contributed by atoms with E-state index in [2.05, 4.69) is 5.32 Å². The topological polar surface area (TPSA) is 55.4 Å². The Morgan fingerprint density at radius 1 is 1.10 bits per heavy atom. The van der Waals surface area contributed by atoms with E-state index >= 15 is 0 Å². The van der Waals surface area contributed by atoms with Gasteiger partial charge in [0.2, 0.25) is 5.91 Å². The Labute approximate surface area is 122 Å². The molecule has 0 bridgehead atoms. The lowest BCUT2D eigenvalue weighted by Gasteiger charge is -2.23. The Kier molecular flexibility index (Phi) is 3.69. The third-order valence-corrected chi connectivity index (χ3v) is 3.52. The lowest BCUT2D eigenvalue weighted by molar-refractivity contribution is -0.138. The van der Waals surface area contributed by atoms with Crippen LogP contribution in [0.5, 0.6) is 5.75 Å². The summed E-state index contributed by atoms with van der Waals surface area (Å²) < 4.78 is 5.16. The number of nitrogens with one attached hydrogen (secondary N) is 1. The van der Waals surface area contributed by atoms with Gasteiger partial charge in [-0.3, -0.25) is 9.59 Å². The highest BCUT2D eigenvalue weighted by atomic mass is 16.5. The van der Waals surface area contributed by atoms with Crippen molar-refractivity contribution in [2.24, 2.45) is 0 Å². The molecule has 1 N–H and O–H groups in total. The standard InChI is InChI=1S/C17H15NO3/c19-16-10-14(13-8-4-5-9-15(13)21-16)17(20)18-11-12-6-2-1-3-7-12/h1-9,14H,10-11H2,(H,18,20). The van der Waals surface area contributed by atoms with Crippen LogP contribution in [0, 0.1) is 0 Å². The number of para-hydroxylation sites is 1. The minimum Gasteiger partial charge on any atom is -0.426 e. The van der Waals surface area contributed by atoms with Crippen molar-refractivity contribution in [2.75, 3.05) is 0 Å². The molecule has 1 heterocycles. The minimum atomic E-state index is -0.480. The van der Waals surface area contributed by atoms with Gasteiger partial charge in [0, 0.05) is 12.1 Å². The number of benzene rings is 2. The number of carbonyl (C=O) groups excluding carboxylic acids is 2. The average molecular weight is 281 g/mol. The summed E-state index contributed by atoms with van der Waals surface area (Å²) in [5, 5.41) is 2.88. The van der Waals surface area contributed by atoms with E-state index in [9.17, 15) is 9.59 Å². The van der Waals surface area contributed by atoms with Crippen LogP contribution in [0.1, 0.15) is 23.5 Å². The van der Waals surface area contributed by atoms with Crippen LogP contribution in [-0.4, -0.2) is 11.9 Å². The molecule has 3 rings (SSSR count). The van der Waals surface area contributed by atoms with Gasteiger partial charge in [-0.2, -0.15) is 0 Å². The third-order valence-electron chi connectivity index (χ3n) is 3.52. The average Bonchev–Trinajstić information content (AvgIpc) is 2.52. The molecule has 4 nitrogen and oxygen atoms in total. The van der Waals surface area contributed by atoms with Gasteiger partial charge in [0.25, 0.3) is 0 Å². The third kappa shape index (κ3) is 2.94. The van der Waals surface area contributed by atoms with E-state index in [0.29, 0.717) is 12.3 Å². The smallest absolute Gasteiger partial charge is 0.312 e. The number of fused-ring (bicyclic) bond motifs is 1. The van der Waals surface area contributed by atoms with Crippen molar-refractivity contribution in [3.05, 3.63) is 65.7 Å². The monoisotopic (exact) mass is 281 g/mol. The molecule has 0 radical (unpaired) electrons. The van der Waals surface area contributed by atoms with Gasteiger partial charge in [-0.15, -0.1) is 0 Å². The molecule has 0 aromatic heterocycles. The molecule has 106 valence electrons. The summed E-state index contributed by atoms with van der Waals surface area (Å²) in [6, 6.07) is 16.8. The highest BCUT2D eigenvalue weighted by Gasteiger charge is 2.31. The Balaban J connectivity index is 1.74. The van der Waals surface area contributed by atoms with Gasteiger partial charge in [-0.1, -0.05) is 48.5 Å². The number of hydrogen-bond acceptors (Lipinski definition) is 3. The van der Waals surface area contributed by atoms with Crippen LogP contribution in [0.4, 0.5) is 0 Å². The molecule has 0 spiro atoms. The molecule has 2 aromatic rings. The van der Waals surface area contributed by atoms with E-state index in [1.807, 2.05) is 42.5 Å². The fourth-order valence-corrected chi connectivity index (χ4v) is 2.44. The van der Waals surface area contributed by atoms with Crippen LogP contribution < -0.4 is 10.1 Å². The van der Waals surface area contributed by atoms with Gasteiger partial charge < -0.3 is 10.1 Å². The summed E-state index contributed by atoms with van der Waals surface area (Å²) in [4.78, 5) is 24.0. The Bertz CT molecular complexity index is 667. The predicted molar refractivity (Wildman–Crippen MR) is 77.7 cm³/mol. The van der Waals surface area contributed by atoms with Crippen molar-refractivity contribution in [3.63, 3.8) is 0 Å². The van der Waals surface area contributed by atoms with Gasteiger partial charge in [-0.25, -0.2) is 0 Å². The lowest BCUT2D eigenvalue weighted by atomic mass is 9.92. The molecule has 0 fully saturated rings. The summed E-state index contributed by atoms with van der Waals surface area (Å²) in [6.45, 7) is 0.452.